The summed E-state index contributed by atoms with van der Waals surface area (Å²) in [6.45, 7) is 5.07. The third kappa shape index (κ3) is 3.03. The van der Waals surface area contributed by atoms with Crippen molar-refractivity contribution >= 4 is 11.3 Å². The van der Waals surface area contributed by atoms with Crippen LogP contribution < -0.4 is 0 Å². The van der Waals surface area contributed by atoms with Crippen molar-refractivity contribution in [2.24, 2.45) is 5.92 Å². The van der Waals surface area contributed by atoms with Crippen molar-refractivity contribution in [1.82, 2.24) is 4.90 Å². The van der Waals surface area contributed by atoms with Gasteiger partial charge in [-0.1, -0.05) is 19.9 Å². The summed E-state index contributed by atoms with van der Waals surface area (Å²) in [7, 11) is 4.07. The molecule has 0 aliphatic carbocycles. The van der Waals surface area contributed by atoms with Crippen molar-refractivity contribution in [1.29, 1.82) is 0 Å². The maximum absolute atomic E-state index is 10.7. The summed E-state index contributed by atoms with van der Waals surface area (Å²) in [5.74, 6) is 0.246. The Labute approximate surface area is 96.5 Å². The van der Waals surface area contributed by atoms with Crippen LogP contribution in [0, 0.1) is 5.92 Å². The number of thiophene rings is 1. The lowest BCUT2D eigenvalue weighted by Crippen LogP contribution is -2.34. The van der Waals surface area contributed by atoms with E-state index in [4.69, 9.17) is 0 Å². The molecule has 0 saturated heterocycles. The van der Waals surface area contributed by atoms with Crippen molar-refractivity contribution in [3.63, 3.8) is 0 Å². The van der Waals surface area contributed by atoms with E-state index in [1.165, 1.54) is 0 Å². The summed E-state index contributed by atoms with van der Waals surface area (Å²) in [4.78, 5) is 3.19. The zero-order chi connectivity index (χ0) is 11.5. The Balaban J connectivity index is 2.80. The van der Waals surface area contributed by atoms with E-state index in [1.54, 1.807) is 11.3 Å². The minimum atomic E-state index is -0.668. The zero-order valence-corrected chi connectivity index (χ0v) is 10.8. The van der Waals surface area contributed by atoms with Gasteiger partial charge in [-0.3, -0.25) is 0 Å². The van der Waals surface area contributed by atoms with Crippen LogP contribution in [0.1, 0.15) is 25.1 Å². The van der Waals surface area contributed by atoms with Crippen molar-refractivity contribution in [2.75, 3.05) is 20.6 Å². The summed E-state index contributed by atoms with van der Waals surface area (Å²) in [5.41, 5.74) is -0.668. The molecule has 15 heavy (non-hydrogen) atoms. The highest BCUT2D eigenvalue weighted by atomic mass is 32.1. The van der Waals surface area contributed by atoms with Gasteiger partial charge in [-0.2, -0.15) is 0 Å². The number of aliphatic hydroxyl groups is 1. The van der Waals surface area contributed by atoms with Gasteiger partial charge in [-0.15, -0.1) is 11.3 Å². The maximum Gasteiger partial charge on any atom is 0.102 e. The van der Waals surface area contributed by atoms with Gasteiger partial charge < -0.3 is 10.0 Å². The summed E-state index contributed by atoms with van der Waals surface area (Å²) >= 11 is 1.64. The van der Waals surface area contributed by atoms with E-state index in [2.05, 4.69) is 18.7 Å². The lowest BCUT2D eigenvalue weighted by molar-refractivity contribution is -0.0199. The van der Waals surface area contributed by atoms with Crippen LogP contribution in [0.25, 0.3) is 0 Å². The Morgan fingerprint density at radius 3 is 2.53 bits per heavy atom. The largest absolute Gasteiger partial charge is 0.384 e. The van der Waals surface area contributed by atoms with E-state index in [-0.39, 0.29) is 5.92 Å². The van der Waals surface area contributed by atoms with Crippen LogP contribution in [0.5, 0.6) is 0 Å². The Morgan fingerprint density at radius 1 is 1.47 bits per heavy atom. The molecule has 0 aliphatic heterocycles. The Kier molecular flexibility index (Phi) is 4.32. The predicted molar refractivity (Wildman–Crippen MR) is 66.2 cm³/mol. The fraction of sp³-hybridized carbons (Fsp3) is 0.667. The zero-order valence-electron chi connectivity index (χ0n) is 10.0. The van der Waals surface area contributed by atoms with Gasteiger partial charge in [0.05, 0.1) is 0 Å². The van der Waals surface area contributed by atoms with Crippen LogP contribution >= 0.6 is 11.3 Å². The van der Waals surface area contributed by atoms with Gasteiger partial charge in [0.2, 0.25) is 0 Å². The second-order valence-corrected chi connectivity index (χ2v) is 5.56. The Hall–Kier alpha value is -0.380. The second kappa shape index (κ2) is 5.10. The minimum absolute atomic E-state index is 0.246. The predicted octanol–water partition coefficient (Wildman–Crippen LogP) is 2.54. The van der Waals surface area contributed by atoms with Gasteiger partial charge in [0.1, 0.15) is 5.60 Å². The molecule has 1 unspecified atom stereocenters. The molecule has 1 N–H and O–H groups in total. The first-order valence-corrected chi connectivity index (χ1v) is 6.26. The first-order chi connectivity index (χ1) is 6.97. The van der Waals surface area contributed by atoms with Crippen LogP contribution in [0.3, 0.4) is 0 Å². The molecule has 0 saturated carbocycles. The van der Waals surface area contributed by atoms with E-state index in [1.807, 2.05) is 31.6 Å². The lowest BCUT2D eigenvalue weighted by Gasteiger charge is -2.32. The van der Waals surface area contributed by atoms with E-state index in [9.17, 15) is 5.11 Å². The summed E-state index contributed by atoms with van der Waals surface area (Å²) in [6, 6.07) is 4.03. The second-order valence-electron chi connectivity index (χ2n) is 4.61. The first kappa shape index (κ1) is 12.7. The topological polar surface area (TPSA) is 23.5 Å². The highest BCUT2D eigenvalue weighted by Crippen LogP contribution is 2.35. The average molecular weight is 227 g/mol. The third-order valence-electron chi connectivity index (χ3n) is 2.84. The molecule has 2 nitrogen and oxygen atoms in total. The minimum Gasteiger partial charge on any atom is -0.384 e. The maximum atomic E-state index is 10.7. The van der Waals surface area contributed by atoms with Gasteiger partial charge in [0.15, 0.2) is 0 Å². The van der Waals surface area contributed by atoms with Crippen molar-refractivity contribution in [3.8, 4) is 0 Å². The molecule has 0 spiro atoms. The monoisotopic (exact) mass is 227 g/mol. The fourth-order valence-electron chi connectivity index (χ4n) is 1.62. The standard InChI is InChI=1S/C12H21NOS/c1-10(2)12(14,7-8-13(3)4)11-6-5-9-15-11/h5-6,9-10,14H,7-8H2,1-4H3. The Bertz CT molecular complexity index is 282. The molecule has 3 heteroatoms. The van der Waals surface area contributed by atoms with E-state index >= 15 is 0 Å². The number of rotatable bonds is 5. The lowest BCUT2D eigenvalue weighted by atomic mass is 9.85. The van der Waals surface area contributed by atoms with Gasteiger partial charge in [0, 0.05) is 11.4 Å². The molecule has 86 valence electrons. The van der Waals surface area contributed by atoms with Crippen molar-refractivity contribution in [2.45, 2.75) is 25.9 Å². The molecule has 0 aromatic carbocycles. The smallest absolute Gasteiger partial charge is 0.102 e. The normalized spacial score (nSPS) is 15.9. The first-order valence-electron chi connectivity index (χ1n) is 5.38. The molecule has 0 fully saturated rings. The SMILES string of the molecule is CC(C)C(O)(CCN(C)C)c1cccs1. The number of nitrogens with zero attached hydrogens (tertiary/aromatic N) is 1. The van der Waals surface area contributed by atoms with Gasteiger partial charge >= 0.3 is 0 Å². The van der Waals surface area contributed by atoms with Crippen molar-refractivity contribution in [3.05, 3.63) is 22.4 Å². The van der Waals surface area contributed by atoms with Gasteiger partial charge in [-0.25, -0.2) is 0 Å². The summed E-state index contributed by atoms with van der Waals surface area (Å²) in [5, 5.41) is 12.7. The molecule has 0 aliphatic rings. The molecule has 1 aromatic rings. The quantitative estimate of drug-likeness (QED) is 0.835. The highest BCUT2D eigenvalue weighted by Gasteiger charge is 2.33. The average Bonchev–Trinajstić information content (AvgIpc) is 2.66. The van der Waals surface area contributed by atoms with E-state index in [0.29, 0.717) is 0 Å². The molecule has 1 aromatic heterocycles. The van der Waals surface area contributed by atoms with E-state index in [0.717, 1.165) is 17.8 Å². The molecule has 1 atom stereocenters. The fourth-order valence-corrected chi connectivity index (χ4v) is 2.62. The van der Waals surface area contributed by atoms with Gasteiger partial charge in [0.25, 0.3) is 0 Å². The van der Waals surface area contributed by atoms with Crippen LogP contribution in [-0.2, 0) is 5.60 Å². The summed E-state index contributed by atoms with van der Waals surface area (Å²) in [6.07, 6.45) is 0.790. The number of hydrogen-bond acceptors (Lipinski definition) is 3. The van der Waals surface area contributed by atoms with Crippen molar-refractivity contribution < 1.29 is 5.11 Å². The van der Waals surface area contributed by atoms with Crippen LogP contribution in [0.15, 0.2) is 17.5 Å². The molecule has 0 bridgehead atoms. The Morgan fingerprint density at radius 2 is 2.13 bits per heavy atom. The molecule has 1 heterocycles. The van der Waals surface area contributed by atoms with E-state index < -0.39 is 5.60 Å². The third-order valence-corrected chi connectivity index (χ3v) is 3.88. The molecular weight excluding hydrogens is 206 g/mol. The number of hydrogen-bond donors (Lipinski definition) is 1. The van der Waals surface area contributed by atoms with Crippen LogP contribution in [0.2, 0.25) is 0 Å². The van der Waals surface area contributed by atoms with Crippen LogP contribution in [0.4, 0.5) is 0 Å². The molecule has 1 rings (SSSR count). The summed E-state index contributed by atoms with van der Waals surface area (Å²) < 4.78 is 0. The van der Waals surface area contributed by atoms with Gasteiger partial charge in [-0.05, 0) is 37.9 Å². The molecule has 0 amide bonds. The highest BCUT2D eigenvalue weighted by molar-refractivity contribution is 7.10. The molecule has 0 radical (unpaired) electrons. The molecular formula is C12H21NOS. The van der Waals surface area contributed by atoms with Crippen LogP contribution in [-0.4, -0.2) is 30.6 Å².